The van der Waals surface area contributed by atoms with E-state index in [-0.39, 0.29) is 10.6 Å². The minimum absolute atomic E-state index is 0.0457. The Morgan fingerprint density at radius 3 is 1.16 bits per heavy atom. The van der Waals surface area contributed by atoms with E-state index in [0.717, 1.165) is 10.9 Å². The smallest absolute Gasteiger partial charge is 0.295 e. The van der Waals surface area contributed by atoms with E-state index in [1.54, 1.807) is 42.5 Å². The minimum Gasteiger partial charge on any atom is -0.508 e. The van der Waals surface area contributed by atoms with Crippen LogP contribution in [0.3, 0.4) is 0 Å². The molecule has 266 valence electrons. The lowest BCUT2D eigenvalue weighted by Crippen LogP contribution is -2.30. The van der Waals surface area contributed by atoms with Gasteiger partial charge in [0.2, 0.25) is 0 Å². The van der Waals surface area contributed by atoms with Crippen molar-refractivity contribution in [2.45, 2.75) is 78.5 Å². The van der Waals surface area contributed by atoms with Crippen molar-refractivity contribution >= 4 is 20.9 Å². The van der Waals surface area contributed by atoms with E-state index in [0.29, 0.717) is 5.39 Å². The summed E-state index contributed by atoms with van der Waals surface area (Å²) >= 11 is 0. The summed E-state index contributed by atoms with van der Waals surface area (Å²) in [5.41, 5.74) is 4.27. The second-order valence-electron chi connectivity index (χ2n) is 10.8. The van der Waals surface area contributed by atoms with Gasteiger partial charge >= 0.3 is 0 Å². The molecule has 0 atom stereocenters. The summed E-state index contributed by atoms with van der Waals surface area (Å²) in [7, 11) is -4.13. The summed E-state index contributed by atoms with van der Waals surface area (Å²) in [6.07, 6.45) is 2.50. The first-order chi connectivity index (χ1) is 24.2. The van der Waals surface area contributed by atoms with Crippen molar-refractivity contribution in [3.8, 4) is 5.75 Å². The Balaban J connectivity index is 0.000000438. The van der Waals surface area contributed by atoms with Gasteiger partial charge in [0.05, 0.1) is 5.41 Å². The molecule has 0 saturated heterocycles. The predicted molar refractivity (Wildman–Crippen MR) is 215 cm³/mol. The number of rotatable bonds is 5. The molecule has 2 N–H and O–H groups in total. The number of fused-ring (bicyclic) bond motifs is 1. The number of phenols is 1. The minimum atomic E-state index is -4.13. The van der Waals surface area contributed by atoms with Gasteiger partial charge in [0.15, 0.2) is 0 Å². The lowest BCUT2D eigenvalue weighted by Gasteiger charge is -2.36. The fraction of sp³-hybridized carbons (Fsp3) is 0.244. The third kappa shape index (κ3) is 12.0. The van der Waals surface area contributed by atoms with E-state index in [9.17, 15) is 13.5 Å². The number of hydrogen-bond donors (Lipinski definition) is 2. The van der Waals surface area contributed by atoms with Crippen LogP contribution in [-0.2, 0) is 15.5 Å². The molecule has 0 aliphatic heterocycles. The highest BCUT2D eigenvalue weighted by Gasteiger charge is 2.38. The summed E-state index contributed by atoms with van der Waals surface area (Å²) in [5.74, 6) is 0.275. The monoisotopic (exact) mass is 692 g/mol. The Bertz CT molecular complexity index is 1730. The van der Waals surface area contributed by atoms with Gasteiger partial charge in [-0.05, 0) is 45.8 Å². The number of aromatic hydroxyl groups is 1. The first-order valence-electron chi connectivity index (χ1n) is 17.6. The van der Waals surface area contributed by atoms with Crippen molar-refractivity contribution in [1.82, 2.24) is 0 Å². The molecule has 0 heterocycles. The first kappa shape index (κ1) is 43.3. The van der Waals surface area contributed by atoms with Crippen molar-refractivity contribution in [2.75, 3.05) is 0 Å². The van der Waals surface area contributed by atoms with Gasteiger partial charge in [0.25, 0.3) is 10.1 Å². The standard InChI is InChI=1S/C25H20O.C10H8O3S.2C3H8.2C2H6/c26-24-18-16-23(17-19-24)25(20-10-4-1-5-11-20,21-12-6-2-7-13-21)22-14-8-3-9-15-22;11-14(12,13)10-7-3-5-8-4-1-2-6-9(8)10;2*1-3-2;2*1-2/h1-19,26H;1-7H,(H,11,12,13);2*3H2,1-2H3;2*1-2H3. The van der Waals surface area contributed by atoms with Gasteiger partial charge in [-0.15, -0.1) is 0 Å². The average molecular weight is 693 g/mol. The summed E-state index contributed by atoms with van der Waals surface area (Å²) < 4.78 is 31.0. The van der Waals surface area contributed by atoms with E-state index >= 15 is 0 Å². The van der Waals surface area contributed by atoms with Crippen molar-refractivity contribution in [3.63, 3.8) is 0 Å². The van der Waals surface area contributed by atoms with Crippen LogP contribution in [-0.4, -0.2) is 18.1 Å². The highest BCUT2D eigenvalue weighted by atomic mass is 32.2. The fourth-order valence-electron chi connectivity index (χ4n) is 5.20. The topological polar surface area (TPSA) is 74.6 Å². The van der Waals surface area contributed by atoms with Crippen LogP contribution in [0.5, 0.6) is 5.75 Å². The van der Waals surface area contributed by atoms with Gasteiger partial charge in [-0.25, -0.2) is 0 Å². The second kappa shape index (κ2) is 23.6. The van der Waals surface area contributed by atoms with E-state index in [4.69, 9.17) is 4.55 Å². The zero-order valence-corrected chi connectivity index (χ0v) is 31.9. The Hall–Kier alpha value is -4.71. The molecule has 6 rings (SSSR count). The molecule has 4 nitrogen and oxygen atoms in total. The van der Waals surface area contributed by atoms with E-state index in [2.05, 4.69) is 100 Å². The molecule has 0 aliphatic carbocycles. The fourth-order valence-corrected chi connectivity index (χ4v) is 5.91. The van der Waals surface area contributed by atoms with Crippen molar-refractivity contribution < 1.29 is 18.1 Å². The third-order valence-electron chi connectivity index (χ3n) is 6.95. The van der Waals surface area contributed by atoms with Crippen LogP contribution in [0.1, 0.15) is 90.5 Å². The summed E-state index contributed by atoms with van der Waals surface area (Å²) in [5, 5.41) is 11.2. The normalized spacial score (nSPS) is 10.1. The average Bonchev–Trinajstić information content (AvgIpc) is 3.16. The number of benzene rings is 6. The largest absolute Gasteiger partial charge is 0.508 e. The van der Waals surface area contributed by atoms with Crippen LogP contribution in [0.2, 0.25) is 0 Å². The Kier molecular flexibility index (Phi) is 20.5. The van der Waals surface area contributed by atoms with E-state index in [1.807, 2.05) is 64.1 Å². The van der Waals surface area contributed by atoms with Gasteiger partial charge in [-0.2, -0.15) is 8.42 Å². The molecule has 0 saturated carbocycles. The quantitative estimate of drug-likeness (QED) is 0.139. The molecule has 6 aromatic rings. The Morgan fingerprint density at radius 2 is 0.780 bits per heavy atom. The maximum Gasteiger partial charge on any atom is 0.295 e. The molecule has 0 aromatic heterocycles. The molecule has 0 amide bonds. The van der Waals surface area contributed by atoms with Gasteiger partial charge in [0.1, 0.15) is 10.6 Å². The van der Waals surface area contributed by atoms with Gasteiger partial charge < -0.3 is 5.11 Å². The van der Waals surface area contributed by atoms with Crippen molar-refractivity contribution in [1.29, 1.82) is 0 Å². The Morgan fingerprint density at radius 1 is 0.460 bits per heavy atom. The molecule has 6 aromatic carbocycles. The van der Waals surface area contributed by atoms with Crippen LogP contribution in [0.25, 0.3) is 10.8 Å². The van der Waals surface area contributed by atoms with Crippen LogP contribution < -0.4 is 0 Å². The number of hydrogen-bond acceptors (Lipinski definition) is 3. The SMILES string of the molecule is CC.CC.CCC.CCC.O=S(=O)(O)c1cccc2ccccc12.Oc1ccc(C(c2ccccc2)(c2ccccc2)c2ccccc2)cc1. The van der Waals surface area contributed by atoms with Crippen molar-refractivity contribution in [2.24, 2.45) is 0 Å². The zero-order valence-electron chi connectivity index (χ0n) is 31.0. The molecule has 5 heteroatoms. The highest BCUT2D eigenvalue weighted by molar-refractivity contribution is 7.86. The van der Waals surface area contributed by atoms with Crippen molar-refractivity contribution in [3.05, 3.63) is 180 Å². The predicted octanol–water partition coefficient (Wildman–Crippen LogP) is 12.7. The molecular weight excluding hydrogens is 637 g/mol. The molecular formula is C45H56O4S. The molecule has 0 spiro atoms. The van der Waals surface area contributed by atoms with E-state index in [1.165, 1.54) is 35.6 Å². The van der Waals surface area contributed by atoms with Gasteiger partial charge in [-0.3, -0.25) is 4.55 Å². The summed E-state index contributed by atoms with van der Waals surface area (Å²) in [6, 6.07) is 51.0. The molecule has 0 bridgehead atoms. The molecule has 0 fully saturated rings. The summed E-state index contributed by atoms with van der Waals surface area (Å²) in [6.45, 7) is 16.5. The third-order valence-corrected chi connectivity index (χ3v) is 7.86. The van der Waals surface area contributed by atoms with Crippen LogP contribution >= 0.6 is 0 Å². The summed E-state index contributed by atoms with van der Waals surface area (Å²) in [4.78, 5) is -0.0457. The van der Waals surface area contributed by atoms with E-state index < -0.39 is 15.5 Å². The second-order valence-corrected chi connectivity index (χ2v) is 12.2. The lowest BCUT2D eigenvalue weighted by atomic mass is 9.65. The van der Waals surface area contributed by atoms with Gasteiger partial charge in [0, 0.05) is 5.39 Å². The maximum atomic E-state index is 11.0. The van der Waals surface area contributed by atoms with Crippen LogP contribution in [0.4, 0.5) is 0 Å². The molecule has 50 heavy (non-hydrogen) atoms. The lowest BCUT2D eigenvalue weighted by molar-refractivity contribution is 0.474. The van der Waals surface area contributed by atoms with Crippen LogP contribution in [0.15, 0.2) is 163 Å². The highest BCUT2D eigenvalue weighted by Crippen LogP contribution is 2.45. The van der Waals surface area contributed by atoms with Crippen LogP contribution in [0, 0.1) is 0 Å². The Labute approximate surface area is 302 Å². The molecule has 0 radical (unpaired) electrons. The number of phenolic OH excluding ortho intramolecular Hbond substituents is 1. The maximum absolute atomic E-state index is 11.0. The molecule has 0 aliphatic rings. The first-order valence-corrected chi connectivity index (χ1v) is 19.1. The molecule has 0 unspecified atom stereocenters. The van der Waals surface area contributed by atoms with Gasteiger partial charge in [-0.1, -0.05) is 208 Å². The zero-order chi connectivity index (χ0) is 37.4.